The van der Waals surface area contributed by atoms with Gasteiger partial charge in [0.05, 0.1) is 17.1 Å². The Bertz CT molecular complexity index is 870. The lowest BCUT2D eigenvalue weighted by Gasteiger charge is -2.28. The summed E-state index contributed by atoms with van der Waals surface area (Å²) in [6.07, 6.45) is 0. The first kappa shape index (κ1) is 21.5. The minimum Gasteiger partial charge on any atom is -0.495 e. The molecule has 11 heteroatoms. The van der Waals surface area contributed by atoms with Gasteiger partial charge in [0.25, 0.3) is 5.69 Å². The average molecular weight is 435 g/mol. The van der Waals surface area contributed by atoms with Gasteiger partial charge in [0.15, 0.2) is 5.78 Å². The summed E-state index contributed by atoms with van der Waals surface area (Å²) in [6.45, 7) is 0. The molecule has 1 N–H and O–H groups in total. The number of benzene rings is 2. The summed E-state index contributed by atoms with van der Waals surface area (Å²) in [5.74, 6) is -0.796. The van der Waals surface area contributed by atoms with Crippen molar-refractivity contribution in [2.75, 3.05) is 26.6 Å². The zero-order valence-corrected chi connectivity index (χ0v) is 17.0. The molecule has 0 aromatic heterocycles. The van der Waals surface area contributed by atoms with Gasteiger partial charge < -0.3 is 19.1 Å². The monoisotopic (exact) mass is 434 g/mol. The Balaban J connectivity index is 2.57. The highest BCUT2D eigenvalue weighted by molar-refractivity contribution is 7.54. The van der Waals surface area contributed by atoms with E-state index in [-0.39, 0.29) is 16.5 Å². The summed E-state index contributed by atoms with van der Waals surface area (Å²) in [4.78, 5) is 10.3. The minimum atomic E-state index is -3.73. The molecule has 0 radical (unpaired) electrons. The molecule has 0 fully saturated rings. The van der Waals surface area contributed by atoms with Gasteiger partial charge in [0, 0.05) is 42.6 Å². The van der Waals surface area contributed by atoms with E-state index in [2.05, 4.69) is 5.32 Å². The molecule has 0 amide bonds. The van der Waals surface area contributed by atoms with E-state index in [4.69, 9.17) is 37.0 Å². The fraction of sp³-hybridized carbons (Fsp3) is 0.250. The first-order chi connectivity index (χ1) is 12.8. The second-order valence-corrected chi connectivity index (χ2v) is 8.44. The lowest BCUT2D eigenvalue weighted by atomic mass is 10.2. The van der Waals surface area contributed by atoms with Crippen molar-refractivity contribution in [3.05, 3.63) is 62.1 Å². The fourth-order valence-electron chi connectivity index (χ4n) is 2.45. The van der Waals surface area contributed by atoms with E-state index in [1.165, 1.54) is 57.7 Å². The number of hydrogen-bond donors (Lipinski definition) is 1. The van der Waals surface area contributed by atoms with E-state index in [1.807, 2.05) is 0 Å². The number of ether oxygens (including phenoxy) is 1. The Morgan fingerprint density at radius 3 is 2.19 bits per heavy atom. The van der Waals surface area contributed by atoms with Crippen molar-refractivity contribution in [1.82, 2.24) is 0 Å². The Kier molecular flexibility index (Phi) is 7.08. The van der Waals surface area contributed by atoms with Crippen LogP contribution >= 0.6 is 30.8 Å². The molecular formula is C16H17Cl2N2O6P. The molecule has 0 heterocycles. The number of nitrogens with one attached hydrogen (secondary N) is 1. The molecule has 0 aliphatic carbocycles. The Morgan fingerprint density at radius 1 is 1.11 bits per heavy atom. The first-order valence-corrected chi connectivity index (χ1v) is 9.87. The summed E-state index contributed by atoms with van der Waals surface area (Å²) < 4.78 is 28.8. The smallest absolute Gasteiger partial charge is 0.356 e. The van der Waals surface area contributed by atoms with Gasteiger partial charge in [0.2, 0.25) is 0 Å². The standard InChI is InChI=1S/C16H17Cl2N2O6P/c1-24-15-13(8-10(17)9-14(15)18)16(27(23,25-2)26-3)19-11-4-6-12(7-5-11)20(21)22/h4-9,16,19H,1-3H3/t16-/m1/s1. The van der Waals surface area contributed by atoms with Crippen LogP contribution in [0.1, 0.15) is 11.3 Å². The predicted molar refractivity (Wildman–Crippen MR) is 104 cm³/mol. The molecule has 0 bridgehead atoms. The molecule has 8 nitrogen and oxygen atoms in total. The van der Waals surface area contributed by atoms with Crippen LogP contribution in [-0.2, 0) is 13.6 Å². The van der Waals surface area contributed by atoms with Crippen LogP contribution in [0.4, 0.5) is 11.4 Å². The van der Waals surface area contributed by atoms with Gasteiger partial charge in [-0.1, -0.05) is 23.2 Å². The summed E-state index contributed by atoms with van der Waals surface area (Å²) in [7, 11) is 0.164. The average Bonchev–Trinajstić information content (AvgIpc) is 2.65. The molecule has 146 valence electrons. The van der Waals surface area contributed by atoms with Gasteiger partial charge in [-0.2, -0.15) is 0 Å². The quantitative estimate of drug-likeness (QED) is 0.332. The highest BCUT2D eigenvalue weighted by Gasteiger charge is 2.38. The fourth-order valence-corrected chi connectivity index (χ4v) is 4.45. The molecule has 0 saturated carbocycles. The molecule has 2 aromatic carbocycles. The largest absolute Gasteiger partial charge is 0.495 e. The minimum absolute atomic E-state index is 0.0813. The van der Waals surface area contributed by atoms with Gasteiger partial charge in [0.1, 0.15) is 5.75 Å². The van der Waals surface area contributed by atoms with E-state index in [9.17, 15) is 14.7 Å². The SMILES string of the molecule is COc1c(Cl)cc(Cl)cc1[C@H](Nc1ccc([N+](=O)[O-])cc1)P(=O)(OC)OC. The van der Waals surface area contributed by atoms with Crippen molar-refractivity contribution in [3.63, 3.8) is 0 Å². The number of anilines is 1. The van der Waals surface area contributed by atoms with Crippen molar-refractivity contribution < 1.29 is 23.3 Å². The molecule has 0 unspecified atom stereocenters. The van der Waals surface area contributed by atoms with E-state index in [0.717, 1.165) is 0 Å². The third-order valence-electron chi connectivity index (χ3n) is 3.74. The molecule has 1 atom stereocenters. The highest BCUT2D eigenvalue weighted by Crippen LogP contribution is 2.61. The van der Waals surface area contributed by atoms with Crippen molar-refractivity contribution in [1.29, 1.82) is 0 Å². The molecule has 2 rings (SSSR count). The van der Waals surface area contributed by atoms with Crippen LogP contribution in [0, 0.1) is 10.1 Å². The number of halogens is 2. The number of hydrogen-bond acceptors (Lipinski definition) is 7. The van der Waals surface area contributed by atoms with Crippen LogP contribution in [0.2, 0.25) is 10.0 Å². The normalized spacial score (nSPS) is 12.5. The van der Waals surface area contributed by atoms with Gasteiger partial charge >= 0.3 is 7.60 Å². The van der Waals surface area contributed by atoms with Gasteiger partial charge in [-0.15, -0.1) is 0 Å². The molecule has 0 saturated heterocycles. The maximum Gasteiger partial charge on any atom is 0.356 e. The molecule has 0 spiro atoms. The van der Waals surface area contributed by atoms with Crippen molar-refractivity contribution in [2.45, 2.75) is 5.78 Å². The second kappa shape index (κ2) is 8.91. The third kappa shape index (κ3) is 4.72. The van der Waals surface area contributed by atoms with Crippen molar-refractivity contribution in [2.24, 2.45) is 0 Å². The van der Waals surface area contributed by atoms with Crippen molar-refractivity contribution in [3.8, 4) is 5.75 Å². The number of non-ortho nitro benzene ring substituents is 1. The topological polar surface area (TPSA) is 99.9 Å². The highest BCUT2D eigenvalue weighted by atomic mass is 35.5. The van der Waals surface area contributed by atoms with Crippen LogP contribution in [0.5, 0.6) is 5.75 Å². The summed E-state index contributed by atoms with van der Waals surface area (Å²) in [6, 6.07) is 8.58. The molecular weight excluding hydrogens is 418 g/mol. The Morgan fingerprint density at radius 2 is 1.70 bits per heavy atom. The number of nitrogens with zero attached hydrogens (tertiary/aromatic N) is 1. The Labute approximate surface area is 166 Å². The lowest BCUT2D eigenvalue weighted by molar-refractivity contribution is -0.384. The van der Waals surface area contributed by atoms with Gasteiger partial charge in [-0.05, 0) is 24.3 Å². The summed E-state index contributed by atoms with van der Waals surface area (Å²) in [5, 5.41) is 14.3. The number of nitro groups is 1. The zero-order valence-electron chi connectivity index (χ0n) is 14.6. The summed E-state index contributed by atoms with van der Waals surface area (Å²) in [5.41, 5.74) is 0.709. The number of nitro benzene ring substituents is 1. The molecule has 27 heavy (non-hydrogen) atoms. The van der Waals surface area contributed by atoms with Crippen LogP contribution in [0.15, 0.2) is 36.4 Å². The van der Waals surface area contributed by atoms with Gasteiger partial charge in [-0.3, -0.25) is 14.7 Å². The summed E-state index contributed by atoms with van der Waals surface area (Å²) >= 11 is 12.3. The predicted octanol–water partition coefficient (Wildman–Crippen LogP) is 5.51. The van der Waals surface area contributed by atoms with E-state index in [1.54, 1.807) is 0 Å². The Hall–Kier alpha value is -1.83. The first-order valence-electron chi connectivity index (χ1n) is 7.50. The maximum absolute atomic E-state index is 13.2. The van der Waals surface area contributed by atoms with E-state index >= 15 is 0 Å². The maximum atomic E-state index is 13.2. The second-order valence-electron chi connectivity index (χ2n) is 5.27. The van der Waals surface area contributed by atoms with E-state index in [0.29, 0.717) is 16.3 Å². The molecule has 2 aromatic rings. The zero-order chi connectivity index (χ0) is 20.2. The van der Waals surface area contributed by atoms with Crippen LogP contribution < -0.4 is 10.1 Å². The third-order valence-corrected chi connectivity index (χ3v) is 6.30. The molecule has 0 aliphatic rings. The molecule has 0 aliphatic heterocycles. The number of methoxy groups -OCH3 is 1. The van der Waals surface area contributed by atoms with Crippen LogP contribution in [0.25, 0.3) is 0 Å². The van der Waals surface area contributed by atoms with Gasteiger partial charge in [-0.25, -0.2) is 0 Å². The van der Waals surface area contributed by atoms with Crippen molar-refractivity contribution >= 4 is 42.2 Å². The van der Waals surface area contributed by atoms with E-state index < -0.39 is 18.3 Å². The van der Waals surface area contributed by atoms with Crippen LogP contribution in [-0.4, -0.2) is 26.3 Å². The van der Waals surface area contributed by atoms with Crippen LogP contribution in [0.3, 0.4) is 0 Å². The lowest BCUT2D eigenvalue weighted by Crippen LogP contribution is -2.15. The number of rotatable bonds is 8.